The third-order valence-corrected chi connectivity index (χ3v) is 4.26. The third-order valence-electron chi connectivity index (χ3n) is 4.26. The van der Waals surface area contributed by atoms with Crippen LogP contribution in [0.4, 0.5) is 28.4 Å². The molecule has 2 nitrogen and oxygen atoms in total. The number of para-hydroxylation sites is 4. The summed E-state index contributed by atoms with van der Waals surface area (Å²) in [6.07, 6.45) is 0. The topological polar surface area (TPSA) is 6.48 Å². The first kappa shape index (κ1) is 13.0. The van der Waals surface area contributed by atoms with E-state index in [-0.39, 0.29) is 0 Å². The fourth-order valence-corrected chi connectivity index (χ4v) is 3.11. The second-order valence-electron chi connectivity index (χ2n) is 5.71. The number of rotatable bonds is 1. The normalized spacial score (nSPS) is 12.8. The Bertz CT molecular complexity index is 774. The van der Waals surface area contributed by atoms with Crippen molar-refractivity contribution in [3.8, 4) is 0 Å². The Morgan fingerprint density at radius 1 is 0.591 bits per heavy atom. The highest BCUT2D eigenvalue weighted by atomic mass is 15.3. The van der Waals surface area contributed by atoms with E-state index in [0.29, 0.717) is 0 Å². The van der Waals surface area contributed by atoms with E-state index >= 15 is 0 Å². The van der Waals surface area contributed by atoms with Crippen molar-refractivity contribution in [2.45, 2.75) is 6.92 Å². The molecular formula is C20H18N2. The summed E-state index contributed by atoms with van der Waals surface area (Å²) < 4.78 is 0. The molecule has 2 heteroatoms. The Morgan fingerprint density at radius 3 is 1.55 bits per heavy atom. The van der Waals surface area contributed by atoms with E-state index in [4.69, 9.17) is 0 Å². The Balaban J connectivity index is 1.98. The van der Waals surface area contributed by atoms with Crippen LogP contribution in [0.5, 0.6) is 0 Å². The fraction of sp³-hybridized carbons (Fsp3) is 0.100. The molecule has 0 unspecified atom stereocenters. The maximum atomic E-state index is 2.34. The molecule has 0 amide bonds. The summed E-state index contributed by atoms with van der Waals surface area (Å²) in [7, 11) is 2.13. The zero-order valence-electron chi connectivity index (χ0n) is 12.8. The molecule has 1 heterocycles. The van der Waals surface area contributed by atoms with Crippen LogP contribution in [-0.2, 0) is 0 Å². The van der Waals surface area contributed by atoms with Gasteiger partial charge in [0, 0.05) is 12.7 Å². The van der Waals surface area contributed by atoms with Gasteiger partial charge in [0.25, 0.3) is 0 Å². The molecule has 0 spiro atoms. The first-order chi connectivity index (χ1) is 10.8. The van der Waals surface area contributed by atoms with Crippen molar-refractivity contribution >= 4 is 28.4 Å². The summed E-state index contributed by atoms with van der Waals surface area (Å²) in [6, 6.07) is 25.8. The summed E-state index contributed by atoms with van der Waals surface area (Å²) in [4.78, 5) is 4.60. The van der Waals surface area contributed by atoms with E-state index in [1.54, 1.807) is 0 Å². The number of aryl methyl sites for hydroxylation is 1. The van der Waals surface area contributed by atoms with Gasteiger partial charge in [0.2, 0.25) is 0 Å². The van der Waals surface area contributed by atoms with Crippen LogP contribution in [0.25, 0.3) is 0 Å². The van der Waals surface area contributed by atoms with Crippen molar-refractivity contribution in [3.05, 3.63) is 78.4 Å². The summed E-state index contributed by atoms with van der Waals surface area (Å²) in [5.41, 5.74) is 7.35. The summed E-state index contributed by atoms with van der Waals surface area (Å²) >= 11 is 0. The highest BCUT2D eigenvalue weighted by Crippen LogP contribution is 2.50. The highest BCUT2D eigenvalue weighted by molar-refractivity contribution is 5.97. The minimum absolute atomic E-state index is 1.19. The maximum absolute atomic E-state index is 2.34. The van der Waals surface area contributed by atoms with Crippen molar-refractivity contribution < 1.29 is 0 Å². The molecule has 1 aliphatic heterocycles. The SMILES string of the molecule is Cc1ccc(N2c3ccccc3N(C)c3ccccc32)cc1. The molecule has 0 bridgehead atoms. The zero-order chi connectivity index (χ0) is 15.1. The molecule has 0 atom stereocenters. The number of benzene rings is 3. The van der Waals surface area contributed by atoms with Gasteiger partial charge in [-0.25, -0.2) is 0 Å². The van der Waals surface area contributed by atoms with Crippen LogP contribution in [0.2, 0.25) is 0 Å². The Morgan fingerprint density at radius 2 is 1.05 bits per heavy atom. The van der Waals surface area contributed by atoms with Gasteiger partial charge in [-0.05, 0) is 43.3 Å². The maximum Gasteiger partial charge on any atom is 0.0699 e. The van der Waals surface area contributed by atoms with E-state index in [2.05, 4.69) is 96.6 Å². The van der Waals surface area contributed by atoms with Gasteiger partial charge in [0.15, 0.2) is 0 Å². The molecule has 0 N–H and O–H groups in total. The zero-order valence-corrected chi connectivity index (χ0v) is 12.8. The molecule has 0 aliphatic carbocycles. The first-order valence-electron chi connectivity index (χ1n) is 7.54. The molecule has 0 aromatic heterocycles. The molecular weight excluding hydrogens is 268 g/mol. The lowest BCUT2D eigenvalue weighted by Crippen LogP contribution is -2.23. The predicted octanol–water partition coefficient (Wildman–Crippen LogP) is 5.55. The van der Waals surface area contributed by atoms with Crippen LogP contribution in [0.3, 0.4) is 0 Å². The van der Waals surface area contributed by atoms with Crippen molar-refractivity contribution in [1.82, 2.24) is 0 Å². The molecule has 4 rings (SSSR count). The Kier molecular flexibility index (Phi) is 2.90. The Labute approximate surface area is 131 Å². The molecule has 22 heavy (non-hydrogen) atoms. The van der Waals surface area contributed by atoms with Crippen molar-refractivity contribution in [1.29, 1.82) is 0 Å². The van der Waals surface area contributed by atoms with Gasteiger partial charge in [-0.15, -0.1) is 0 Å². The standard InChI is InChI=1S/C20H18N2/c1-15-11-13-16(14-12-15)22-19-9-5-3-7-17(19)21(2)18-8-4-6-10-20(18)22/h3-14H,1-2H3. The van der Waals surface area contributed by atoms with E-state index < -0.39 is 0 Å². The number of hydrogen-bond acceptors (Lipinski definition) is 2. The molecule has 0 radical (unpaired) electrons. The molecule has 0 fully saturated rings. The van der Waals surface area contributed by atoms with Gasteiger partial charge in [0.05, 0.1) is 22.7 Å². The lowest BCUT2D eigenvalue weighted by Gasteiger charge is -2.38. The molecule has 0 saturated carbocycles. The minimum Gasteiger partial charge on any atom is -0.341 e. The number of anilines is 5. The lowest BCUT2D eigenvalue weighted by atomic mass is 10.1. The van der Waals surface area contributed by atoms with Crippen LogP contribution in [0, 0.1) is 6.92 Å². The number of nitrogens with zero attached hydrogens (tertiary/aromatic N) is 2. The van der Waals surface area contributed by atoms with Crippen LogP contribution < -0.4 is 9.80 Å². The second kappa shape index (κ2) is 4.92. The van der Waals surface area contributed by atoms with Gasteiger partial charge in [-0.1, -0.05) is 42.0 Å². The largest absolute Gasteiger partial charge is 0.341 e. The van der Waals surface area contributed by atoms with Gasteiger partial charge < -0.3 is 9.80 Å². The van der Waals surface area contributed by atoms with E-state index in [1.807, 2.05) is 0 Å². The van der Waals surface area contributed by atoms with Crippen molar-refractivity contribution in [2.24, 2.45) is 0 Å². The predicted molar refractivity (Wildman–Crippen MR) is 93.9 cm³/mol. The van der Waals surface area contributed by atoms with Crippen LogP contribution in [0.1, 0.15) is 5.56 Å². The van der Waals surface area contributed by atoms with Gasteiger partial charge in [-0.3, -0.25) is 0 Å². The van der Waals surface area contributed by atoms with Crippen molar-refractivity contribution in [2.75, 3.05) is 16.8 Å². The summed E-state index contributed by atoms with van der Waals surface area (Å²) in [6.45, 7) is 2.12. The average molecular weight is 286 g/mol. The molecule has 3 aromatic carbocycles. The van der Waals surface area contributed by atoms with Crippen LogP contribution >= 0.6 is 0 Å². The highest BCUT2D eigenvalue weighted by Gasteiger charge is 2.26. The molecule has 108 valence electrons. The third kappa shape index (κ3) is 1.88. The van der Waals surface area contributed by atoms with E-state index in [0.717, 1.165) is 0 Å². The minimum atomic E-state index is 1.19. The number of fused-ring (bicyclic) bond motifs is 2. The quantitative estimate of drug-likeness (QED) is 0.579. The molecule has 3 aromatic rings. The lowest BCUT2D eigenvalue weighted by molar-refractivity contribution is 1.13. The summed E-state index contributed by atoms with van der Waals surface area (Å²) in [5, 5.41) is 0. The van der Waals surface area contributed by atoms with Crippen LogP contribution in [0.15, 0.2) is 72.8 Å². The van der Waals surface area contributed by atoms with Gasteiger partial charge >= 0.3 is 0 Å². The fourth-order valence-electron chi connectivity index (χ4n) is 3.11. The first-order valence-corrected chi connectivity index (χ1v) is 7.54. The van der Waals surface area contributed by atoms with E-state index in [1.165, 1.54) is 34.0 Å². The average Bonchev–Trinajstić information content (AvgIpc) is 2.57. The molecule has 1 aliphatic rings. The monoisotopic (exact) mass is 286 g/mol. The van der Waals surface area contributed by atoms with Crippen molar-refractivity contribution in [3.63, 3.8) is 0 Å². The van der Waals surface area contributed by atoms with Crippen LogP contribution in [-0.4, -0.2) is 7.05 Å². The summed E-state index contributed by atoms with van der Waals surface area (Å²) in [5.74, 6) is 0. The Hall–Kier alpha value is -2.74. The van der Waals surface area contributed by atoms with Gasteiger partial charge in [-0.2, -0.15) is 0 Å². The van der Waals surface area contributed by atoms with E-state index in [9.17, 15) is 0 Å². The molecule has 0 saturated heterocycles. The smallest absolute Gasteiger partial charge is 0.0699 e. The number of hydrogen-bond donors (Lipinski definition) is 0. The van der Waals surface area contributed by atoms with Gasteiger partial charge in [0.1, 0.15) is 0 Å². The second-order valence-corrected chi connectivity index (χ2v) is 5.71.